The van der Waals surface area contributed by atoms with Crippen LogP contribution in [0.2, 0.25) is 0 Å². The molecule has 1 amide bonds. The first-order valence-electron chi connectivity index (χ1n) is 8.30. The van der Waals surface area contributed by atoms with Crippen LogP contribution in [-0.4, -0.2) is 35.8 Å². The van der Waals surface area contributed by atoms with E-state index in [-0.39, 0.29) is 24.4 Å². The van der Waals surface area contributed by atoms with Crippen LogP contribution < -0.4 is 10.6 Å². The zero-order chi connectivity index (χ0) is 16.8. The van der Waals surface area contributed by atoms with Crippen molar-refractivity contribution in [1.29, 1.82) is 0 Å². The Bertz CT molecular complexity index is 665. The van der Waals surface area contributed by atoms with Crippen LogP contribution in [0.4, 0.5) is 0 Å². The molecule has 2 N–H and O–H groups in total. The van der Waals surface area contributed by atoms with Gasteiger partial charge in [0, 0.05) is 17.4 Å². The van der Waals surface area contributed by atoms with E-state index >= 15 is 0 Å². The van der Waals surface area contributed by atoms with Crippen LogP contribution in [0.25, 0.3) is 11.5 Å². The van der Waals surface area contributed by atoms with Crippen molar-refractivity contribution in [3.63, 3.8) is 0 Å². The van der Waals surface area contributed by atoms with Crippen molar-refractivity contribution in [2.75, 3.05) is 18.8 Å². The van der Waals surface area contributed by atoms with Gasteiger partial charge in [-0.15, -0.1) is 24.2 Å². The van der Waals surface area contributed by atoms with E-state index in [1.54, 1.807) is 18.0 Å². The van der Waals surface area contributed by atoms with Crippen molar-refractivity contribution in [2.24, 2.45) is 5.92 Å². The van der Waals surface area contributed by atoms with Gasteiger partial charge in [-0.2, -0.15) is 0 Å². The number of carbonyl (C=O) groups excluding carboxylic acids is 1. The average Bonchev–Trinajstić information content (AvgIpc) is 3.07. The summed E-state index contributed by atoms with van der Waals surface area (Å²) in [6.07, 6.45) is 2.67. The number of benzene rings is 1. The Labute approximate surface area is 158 Å². The lowest BCUT2D eigenvalue weighted by Gasteiger charge is -2.30. The number of oxazole rings is 1. The molecular formula is C18H24ClN3O2S. The Morgan fingerprint density at radius 3 is 2.96 bits per heavy atom. The van der Waals surface area contributed by atoms with Crippen LogP contribution in [0.1, 0.15) is 19.0 Å². The van der Waals surface area contributed by atoms with Gasteiger partial charge in [-0.25, -0.2) is 4.98 Å². The minimum absolute atomic E-state index is 0. The van der Waals surface area contributed by atoms with Gasteiger partial charge in [-0.1, -0.05) is 25.1 Å². The Kier molecular flexibility index (Phi) is 7.81. The third-order valence-corrected chi connectivity index (χ3v) is 5.15. The molecule has 1 aromatic heterocycles. The second-order valence-electron chi connectivity index (χ2n) is 6.15. The molecule has 2 aromatic rings. The van der Waals surface area contributed by atoms with E-state index in [9.17, 15) is 4.79 Å². The summed E-state index contributed by atoms with van der Waals surface area (Å²) in [5.74, 6) is 2.33. The molecule has 25 heavy (non-hydrogen) atoms. The first-order valence-corrected chi connectivity index (χ1v) is 9.45. The van der Waals surface area contributed by atoms with Gasteiger partial charge < -0.3 is 15.1 Å². The molecule has 5 nitrogen and oxygen atoms in total. The molecule has 1 aromatic carbocycles. The molecule has 0 spiro atoms. The molecule has 0 bridgehead atoms. The van der Waals surface area contributed by atoms with Gasteiger partial charge in [0.05, 0.1) is 11.4 Å². The largest absolute Gasteiger partial charge is 0.444 e. The molecule has 1 aliphatic rings. The molecule has 0 radical (unpaired) electrons. The molecule has 0 aliphatic carbocycles. The van der Waals surface area contributed by atoms with E-state index in [4.69, 9.17) is 4.42 Å². The highest BCUT2D eigenvalue weighted by Crippen LogP contribution is 2.20. The average molecular weight is 382 g/mol. The monoisotopic (exact) mass is 381 g/mol. The summed E-state index contributed by atoms with van der Waals surface area (Å²) in [7, 11) is 0. The van der Waals surface area contributed by atoms with Crippen molar-refractivity contribution >= 4 is 30.1 Å². The van der Waals surface area contributed by atoms with E-state index < -0.39 is 0 Å². The lowest BCUT2D eigenvalue weighted by molar-refractivity contribution is -0.119. The van der Waals surface area contributed by atoms with Crippen molar-refractivity contribution < 1.29 is 9.21 Å². The fourth-order valence-electron chi connectivity index (χ4n) is 2.81. The summed E-state index contributed by atoms with van der Waals surface area (Å²) in [6, 6.07) is 10.1. The second kappa shape index (κ2) is 9.85. The van der Waals surface area contributed by atoms with Crippen LogP contribution >= 0.6 is 24.2 Å². The Balaban J connectivity index is 0.00000225. The predicted octanol–water partition coefficient (Wildman–Crippen LogP) is 3.11. The number of hydrogen-bond acceptors (Lipinski definition) is 5. The predicted molar refractivity (Wildman–Crippen MR) is 104 cm³/mol. The first-order chi connectivity index (χ1) is 11.7. The van der Waals surface area contributed by atoms with E-state index in [0.29, 0.717) is 23.3 Å². The van der Waals surface area contributed by atoms with Crippen molar-refractivity contribution in [2.45, 2.75) is 25.1 Å². The van der Waals surface area contributed by atoms with E-state index in [1.807, 2.05) is 30.3 Å². The van der Waals surface area contributed by atoms with Gasteiger partial charge in [-0.05, 0) is 37.6 Å². The maximum absolute atomic E-state index is 12.1. The number of nitrogens with zero attached hydrogens (tertiary/aromatic N) is 1. The number of thioether (sulfide) groups is 1. The Morgan fingerprint density at radius 2 is 2.20 bits per heavy atom. The van der Waals surface area contributed by atoms with Gasteiger partial charge in [-0.3, -0.25) is 4.79 Å². The van der Waals surface area contributed by atoms with Crippen LogP contribution in [0.15, 0.2) is 41.0 Å². The van der Waals surface area contributed by atoms with E-state index in [1.165, 1.54) is 0 Å². The van der Waals surface area contributed by atoms with Gasteiger partial charge in [0.15, 0.2) is 0 Å². The smallest absolute Gasteiger partial charge is 0.230 e. The van der Waals surface area contributed by atoms with Crippen LogP contribution in [-0.2, 0) is 10.5 Å². The van der Waals surface area contributed by atoms with Crippen LogP contribution in [0.3, 0.4) is 0 Å². The van der Waals surface area contributed by atoms with Crippen molar-refractivity contribution in [1.82, 2.24) is 15.6 Å². The molecular weight excluding hydrogens is 358 g/mol. The van der Waals surface area contributed by atoms with E-state index in [2.05, 4.69) is 22.5 Å². The molecule has 7 heteroatoms. The van der Waals surface area contributed by atoms with Crippen molar-refractivity contribution in [3.8, 4) is 11.5 Å². The summed E-state index contributed by atoms with van der Waals surface area (Å²) in [5, 5.41) is 6.49. The van der Waals surface area contributed by atoms with E-state index in [0.717, 1.165) is 30.8 Å². The molecule has 2 unspecified atom stereocenters. The zero-order valence-corrected chi connectivity index (χ0v) is 15.9. The van der Waals surface area contributed by atoms with Crippen molar-refractivity contribution in [3.05, 3.63) is 42.3 Å². The highest BCUT2D eigenvalue weighted by Gasteiger charge is 2.22. The number of aromatic nitrogens is 1. The minimum Gasteiger partial charge on any atom is -0.444 e. The molecule has 2 atom stereocenters. The first kappa shape index (κ1) is 19.8. The summed E-state index contributed by atoms with van der Waals surface area (Å²) in [5.41, 5.74) is 1.83. The molecule has 3 rings (SSSR count). The molecule has 0 saturated carbocycles. The highest BCUT2D eigenvalue weighted by molar-refractivity contribution is 7.99. The summed E-state index contributed by atoms with van der Waals surface area (Å²) in [4.78, 5) is 16.6. The van der Waals surface area contributed by atoms with Gasteiger partial charge in [0.25, 0.3) is 0 Å². The maximum atomic E-state index is 12.1. The molecule has 1 fully saturated rings. The van der Waals surface area contributed by atoms with Gasteiger partial charge in [0.1, 0.15) is 6.26 Å². The number of hydrogen-bond donors (Lipinski definition) is 2. The number of rotatable bonds is 6. The third-order valence-electron chi connectivity index (χ3n) is 4.19. The molecule has 2 heterocycles. The van der Waals surface area contributed by atoms with Crippen LogP contribution in [0.5, 0.6) is 0 Å². The summed E-state index contributed by atoms with van der Waals surface area (Å²) < 4.78 is 5.51. The zero-order valence-electron chi connectivity index (χ0n) is 14.2. The molecule has 1 aliphatic heterocycles. The number of halogens is 1. The lowest BCUT2D eigenvalue weighted by atomic mass is 9.95. The fraction of sp³-hybridized carbons (Fsp3) is 0.444. The van der Waals surface area contributed by atoms with Crippen LogP contribution in [0, 0.1) is 5.92 Å². The minimum atomic E-state index is 0. The molecule has 1 saturated heterocycles. The van der Waals surface area contributed by atoms with Gasteiger partial charge >= 0.3 is 0 Å². The highest BCUT2D eigenvalue weighted by atomic mass is 35.5. The van der Waals surface area contributed by atoms with Gasteiger partial charge in [0.2, 0.25) is 11.8 Å². The standard InChI is InChI=1S/C18H23N3O2S.ClH/c1-13-9-19-8-7-16(13)21-17(22)12-24-11-15-10-23-18(20-15)14-5-3-2-4-6-14;/h2-6,10,13,16,19H,7-9,11-12H2,1H3,(H,21,22);1H. The Morgan fingerprint density at radius 1 is 1.40 bits per heavy atom. The number of carbonyl (C=O) groups is 1. The summed E-state index contributed by atoms with van der Waals surface area (Å²) in [6.45, 7) is 4.12. The topological polar surface area (TPSA) is 67.2 Å². The normalized spacial score (nSPS) is 19.9. The quantitative estimate of drug-likeness (QED) is 0.804. The lowest BCUT2D eigenvalue weighted by Crippen LogP contribution is -2.48. The fourth-order valence-corrected chi connectivity index (χ4v) is 3.52. The number of nitrogens with one attached hydrogen (secondary N) is 2. The summed E-state index contributed by atoms with van der Waals surface area (Å²) >= 11 is 1.56. The third kappa shape index (κ3) is 5.76. The molecule has 136 valence electrons. The Hall–Kier alpha value is -1.50. The second-order valence-corrected chi connectivity index (χ2v) is 7.13. The maximum Gasteiger partial charge on any atom is 0.230 e. The number of piperidine rings is 1. The number of amides is 1. The SMILES string of the molecule is CC1CNCCC1NC(=O)CSCc1coc(-c2ccccc2)n1.Cl.